The lowest BCUT2D eigenvalue weighted by Crippen LogP contribution is -2.32. The van der Waals surface area contributed by atoms with Crippen molar-refractivity contribution in [1.29, 1.82) is 0 Å². The molecular weight excluding hydrogens is 340 g/mol. The van der Waals surface area contributed by atoms with Crippen molar-refractivity contribution in [3.63, 3.8) is 0 Å². The number of rotatable bonds is 5. The molecule has 0 aliphatic carbocycles. The highest BCUT2D eigenvalue weighted by Crippen LogP contribution is 2.20. The molecule has 1 amide bonds. The van der Waals surface area contributed by atoms with Crippen LogP contribution in [-0.2, 0) is 4.74 Å². The minimum atomic E-state index is -0.195. The number of nitrogens with zero attached hydrogens (tertiary/aromatic N) is 2. The Hall–Kier alpha value is -1.89. The van der Waals surface area contributed by atoms with Gasteiger partial charge in [-0.05, 0) is 50.1 Å². The number of aromatic nitrogens is 2. The van der Waals surface area contributed by atoms with Crippen LogP contribution in [0.3, 0.4) is 0 Å². The van der Waals surface area contributed by atoms with Crippen LogP contribution < -0.4 is 10.6 Å². The summed E-state index contributed by atoms with van der Waals surface area (Å²) in [6.45, 7) is 3.93. The summed E-state index contributed by atoms with van der Waals surface area (Å²) < 4.78 is 7.21. The summed E-state index contributed by atoms with van der Waals surface area (Å²) in [5.41, 5.74) is 2.20. The number of halogens is 1. The Bertz CT molecular complexity index is 698. The zero-order valence-corrected chi connectivity index (χ0v) is 15.4. The monoisotopic (exact) mass is 364 g/mol. The third-order valence-electron chi connectivity index (χ3n) is 4.45. The molecule has 0 spiro atoms. The number of anilines is 1. The molecular formula is C18H25ClN4O2. The van der Waals surface area contributed by atoms with E-state index in [2.05, 4.69) is 15.7 Å². The molecule has 1 fully saturated rings. The molecule has 1 saturated heterocycles. The van der Waals surface area contributed by atoms with E-state index in [1.54, 1.807) is 13.2 Å². The second-order valence-corrected chi connectivity index (χ2v) is 6.14. The zero-order chi connectivity index (χ0) is 16.9. The van der Waals surface area contributed by atoms with Crippen molar-refractivity contribution in [3.05, 3.63) is 47.8 Å². The first-order chi connectivity index (χ1) is 11.7. The highest BCUT2D eigenvalue weighted by Gasteiger charge is 2.18. The lowest BCUT2D eigenvalue weighted by molar-refractivity contribution is 0.102. The van der Waals surface area contributed by atoms with Crippen molar-refractivity contribution in [2.24, 2.45) is 0 Å². The zero-order valence-electron chi connectivity index (χ0n) is 14.6. The van der Waals surface area contributed by atoms with Gasteiger partial charge in [-0.3, -0.25) is 9.48 Å². The van der Waals surface area contributed by atoms with Crippen LogP contribution >= 0.6 is 12.4 Å². The summed E-state index contributed by atoms with van der Waals surface area (Å²) >= 11 is 0. The molecule has 6 nitrogen and oxygen atoms in total. The van der Waals surface area contributed by atoms with Crippen LogP contribution in [-0.4, -0.2) is 35.9 Å². The number of carbonyl (C=O) groups excluding carboxylic acids is 1. The van der Waals surface area contributed by atoms with E-state index >= 15 is 0 Å². The van der Waals surface area contributed by atoms with Gasteiger partial charge in [-0.2, -0.15) is 5.10 Å². The number of piperidine rings is 1. The van der Waals surface area contributed by atoms with Crippen LogP contribution in [0.5, 0.6) is 0 Å². The van der Waals surface area contributed by atoms with Crippen molar-refractivity contribution in [2.45, 2.75) is 31.9 Å². The second kappa shape index (κ2) is 8.99. The fraction of sp³-hybridized carbons (Fsp3) is 0.444. The second-order valence-electron chi connectivity index (χ2n) is 6.14. The predicted octanol–water partition coefficient (Wildman–Crippen LogP) is 3.19. The molecule has 2 heterocycles. The number of methoxy groups -OCH3 is 1. The molecule has 1 aromatic carbocycles. The highest BCUT2D eigenvalue weighted by molar-refractivity contribution is 6.02. The Morgan fingerprint density at radius 2 is 2.28 bits per heavy atom. The molecule has 25 heavy (non-hydrogen) atoms. The first-order valence-corrected chi connectivity index (χ1v) is 8.37. The van der Waals surface area contributed by atoms with Gasteiger partial charge in [-0.15, -0.1) is 12.4 Å². The van der Waals surface area contributed by atoms with Gasteiger partial charge in [0, 0.05) is 25.5 Å². The average molecular weight is 365 g/mol. The van der Waals surface area contributed by atoms with E-state index in [9.17, 15) is 4.79 Å². The molecule has 2 N–H and O–H groups in total. The van der Waals surface area contributed by atoms with Crippen LogP contribution in [0.1, 0.15) is 48.0 Å². The summed E-state index contributed by atoms with van der Waals surface area (Å²) in [5, 5.41) is 10.7. The van der Waals surface area contributed by atoms with E-state index in [1.807, 2.05) is 42.1 Å². The molecule has 0 radical (unpaired) electrons. The lowest BCUT2D eigenvalue weighted by Gasteiger charge is -2.22. The first-order valence-electron chi connectivity index (χ1n) is 8.37. The lowest BCUT2D eigenvalue weighted by atomic mass is 10.1. The molecule has 7 heteroatoms. The number of amides is 1. The van der Waals surface area contributed by atoms with E-state index in [0.717, 1.165) is 37.2 Å². The quantitative estimate of drug-likeness (QED) is 0.855. The molecule has 1 aliphatic heterocycles. The van der Waals surface area contributed by atoms with Crippen LogP contribution in [0.15, 0.2) is 36.5 Å². The van der Waals surface area contributed by atoms with Gasteiger partial charge < -0.3 is 15.4 Å². The maximum absolute atomic E-state index is 12.4. The van der Waals surface area contributed by atoms with Gasteiger partial charge in [-0.25, -0.2) is 0 Å². The third-order valence-corrected chi connectivity index (χ3v) is 4.45. The predicted molar refractivity (Wildman–Crippen MR) is 100 cm³/mol. The molecule has 2 unspecified atom stereocenters. The SMILES string of the molecule is COC(C)c1cccc(NC(=O)c2ccn(C3CCCNC3)n2)c1.Cl. The van der Waals surface area contributed by atoms with Gasteiger partial charge in [0.1, 0.15) is 0 Å². The van der Waals surface area contributed by atoms with Crippen molar-refractivity contribution in [1.82, 2.24) is 15.1 Å². The van der Waals surface area contributed by atoms with Gasteiger partial charge in [0.25, 0.3) is 5.91 Å². The molecule has 0 bridgehead atoms. The summed E-state index contributed by atoms with van der Waals surface area (Å²) in [5.74, 6) is -0.195. The van der Waals surface area contributed by atoms with Crippen molar-refractivity contribution < 1.29 is 9.53 Å². The Labute approximate surface area is 154 Å². The standard InChI is InChI=1S/C18H24N4O2.ClH/c1-13(24-2)14-5-3-6-15(11-14)20-18(23)17-8-10-22(21-17)16-7-4-9-19-12-16;/h3,5-6,8,10-11,13,16,19H,4,7,9,12H2,1-2H3,(H,20,23);1H. The van der Waals surface area contributed by atoms with E-state index < -0.39 is 0 Å². The van der Waals surface area contributed by atoms with Crippen LogP contribution in [0.25, 0.3) is 0 Å². The van der Waals surface area contributed by atoms with Gasteiger partial charge in [0.05, 0.1) is 12.1 Å². The molecule has 3 rings (SSSR count). The minimum Gasteiger partial charge on any atom is -0.377 e. The fourth-order valence-electron chi connectivity index (χ4n) is 2.92. The maximum atomic E-state index is 12.4. The smallest absolute Gasteiger partial charge is 0.276 e. The highest BCUT2D eigenvalue weighted by atomic mass is 35.5. The van der Waals surface area contributed by atoms with Gasteiger partial charge in [-0.1, -0.05) is 12.1 Å². The number of nitrogens with one attached hydrogen (secondary N) is 2. The summed E-state index contributed by atoms with van der Waals surface area (Å²) in [4.78, 5) is 12.4. The summed E-state index contributed by atoms with van der Waals surface area (Å²) in [7, 11) is 1.67. The van der Waals surface area contributed by atoms with Crippen molar-refractivity contribution >= 4 is 24.0 Å². The largest absolute Gasteiger partial charge is 0.377 e. The average Bonchev–Trinajstić information content (AvgIpc) is 3.12. The molecule has 1 aliphatic rings. The Kier molecular flexibility index (Phi) is 6.99. The van der Waals surface area contributed by atoms with E-state index in [1.165, 1.54) is 0 Å². The third kappa shape index (κ3) is 4.81. The van der Waals surface area contributed by atoms with Crippen molar-refractivity contribution in [3.8, 4) is 0 Å². The van der Waals surface area contributed by atoms with Gasteiger partial charge in [0.15, 0.2) is 5.69 Å². The summed E-state index contributed by atoms with van der Waals surface area (Å²) in [6.07, 6.45) is 4.10. The van der Waals surface area contributed by atoms with Crippen LogP contribution in [0.4, 0.5) is 5.69 Å². The maximum Gasteiger partial charge on any atom is 0.276 e. The number of benzene rings is 1. The number of carbonyl (C=O) groups is 1. The molecule has 1 aromatic heterocycles. The van der Waals surface area contributed by atoms with Crippen LogP contribution in [0, 0.1) is 0 Å². The van der Waals surface area contributed by atoms with E-state index in [0.29, 0.717) is 11.7 Å². The molecule has 0 saturated carbocycles. The van der Waals surface area contributed by atoms with Crippen LogP contribution in [0.2, 0.25) is 0 Å². The Morgan fingerprint density at radius 3 is 3.00 bits per heavy atom. The topological polar surface area (TPSA) is 68.2 Å². The van der Waals surface area contributed by atoms with Gasteiger partial charge in [0.2, 0.25) is 0 Å². The van der Waals surface area contributed by atoms with E-state index in [4.69, 9.17) is 4.74 Å². The van der Waals surface area contributed by atoms with E-state index in [-0.39, 0.29) is 24.4 Å². The van der Waals surface area contributed by atoms with Gasteiger partial charge >= 0.3 is 0 Å². The van der Waals surface area contributed by atoms with Crippen molar-refractivity contribution in [2.75, 3.05) is 25.5 Å². The number of hydrogen-bond acceptors (Lipinski definition) is 4. The number of hydrogen-bond donors (Lipinski definition) is 2. The normalized spacial score (nSPS) is 18.2. The first kappa shape index (κ1) is 19.4. The molecule has 136 valence electrons. The molecule has 2 aromatic rings. The minimum absolute atomic E-state index is 0. The Balaban J connectivity index is 0.00000225. The fourth-order valence-corrected chi connectivity index (χ4v) is 2.92. The Morgan fingerprint density at radius 1 is 1.44 bits per heavy atom. The summed E-state index contributed by atoms with van der Waals surface area (Å²) in [6, 6.07) is 9.78. The number of ether oxygens (including phenoxy) is 1. The molecule has 2 atom stereocenters.